The minimum absolute atomic E-state index is 0.112. The van der Waals surface area contributed by atoms with E-state index in [4.69, 9.17) is 11.6 Å². The Balaban J connectivity index is 2.08. The maximum Gasteiger partial charge on any atom is 0.156 e. The van der Waals surface area contributed by atoms with Crippen molar-refractivity contribution in [1.29, 1.82) is 0 Å². The molecule has 0 aliphatic carbocycles. The molecule has 0 unspecified atom stereocenters. The zero-order valence-electron chi connectivity index (χ0n) is 10.9. The van der Waals surface area contributed by atoms with Gasteiger partial charge in [0.15, 0.2) is 6.29 Å². The van der Waals surface area contributed by atoms with Crippen molar-refractivity contribution in [3.8, 4) is 0 Å². The summed E-state index contributed by atoms with van der Waals surface area (Å²) in [5.41, 5.74) is 0.815. The first-order chi connectivity index (χ1) is 9.61. The van der Waals surface area contributed by atoms with E-state index >= 15 is 0 Å². The number of hydrogen-bond acceptors (Lipinski definition) is 4. The minimum Gasteiger partial charge on any atom is -0.369 e. The quantitative estimate of drug-likeness (QED) is 0.680. The number of benzene rings is 1. The number of nitrogens with one attached hydrogen (secondary N) is 1. The van der Waals surface area contributed by atoms with Crippen LogP contribution in [0.4, 0.5) is 10.2 Å². The Morgan fingerprint density at radius 2 is 2.10 bits per heavy atom. The highest BCUT2D eigenvalue weighted by Crippen LogP contribution is 2.19. The second kappa shape index (κ2) is 6.43. The van der Waals surface area contributed by atoms with Gasteiger partial charge in [-0.25, -0.2) is 14.4 Å². The molecule has 0 fully saturated rings. The standard InChI is InChI=1S/C14H13ClFN3O/c1-9-18-13(15)11(8-20)14(19-9)17-7-6-10-4-2-3-5-12(10)16/h2-5,8H,6-7H2,1H3,(H,17,18,19). The third kappa shape index (κ3) is 3.30. The summed E-state index contributed by atoms with van der Waals surface area (Å²) in [6.45, 7) is 2.12. The molecule has 104 valence electrons. The lowest BCUT2D eigenvalue weighted by Gasteiger charge is -2.09. The van der Waals surface area contributed by atoms with Crippen LogP contribution in [0, 0.1) is 12.7 Å². The van der Waals surface area contributed by atoms with E-state index in [1.54, 1.807) is 25.1 Å². The van der Waals surface area contributed by atoms with Gasteiger partial charge in [0, 0.05) is 6.54 Å². The molecule has 1 aromatic heterocycles. The topological polar surface area (TPSA) is 54.9 Å². The van der Waals surface area contributed by atoms with Gasteiger partial charge in [-0.1, -0.05) is 29.8 Å². The van der Waals surface area contributed by atoms with Crippen LogP contribution in [-0.2, 0) is 6.42 Å². The van der Waals surface area contributed by atoms with Crippen LogP contribution in [0.1, 0.15) is 21.7 Å². The molecule has 0 aliphatic heterocycles. The third-order valence-electron chi connectivity index (χ3n) is 2.77. The molecule has 0 spiro atoms. The Morgan fingerprint density at radius 3 is 2.80 bits per heavy atom. The number of nitrogens with zero attached hydrogens (tertiary/aromatic N) is 2. The van der Waals surface area contributed by atoms with Crippen LogP contribution in [0.3, 0.4) is 0 Å². The van der Waals surface area contributed by atoms with E-state index in [1.165, 1.54) is 6.07 Å². The first-order valence-electron chi connectivity index (χ1n) is 6.08. The minimum atomic E-state index is -0.248. The SMILES string of the molecule is Cc1nc(Cl)c(C=O)c(NCCc2ccccc2F)n1. The summed E-state index contributed by atoms with van der Waals surface area (Å²) < 4.78 is 13.5. The second-order valence-electron chi connectivity index (χ2n) is 4.21. The molecule has 0 saturated heterocycles. The number of carbonyl (C=O) groups excluding carboxylic acids is 1. The van der Waals surface area contributed by atoms with E-state index in [-0.39, 0.29) is 16.5 Å². The second-order valence-corrected chi connectivity index (χ2v) is 4.57. The predicted molar refractivity (Wildman–Crippen MR) is 75.8 cm³/mol. The summed E-state index contributed by atoms with van der Waals surface area (Å²) in [6.07, 6.45) is 1.08. The molecule has 1 aromatic carbocycles. The molecule has 0 bridgehead atoms. The number of aromatic nitrogens is 2. The number of halogens is 2. The van der Waals surface area contributed by atoms with Gasteiger partial charge in [-0.3, -0.25) is 4.79 Å². The lowest BCUT2D eigenvalue weighted by molar-refractivity contribution is 0.112. The highest BCUT2D eigenvalue weighted by Gasteiger charge is 2.10. The van der Waals surface area contributed by atoms with E-state index in [0.717, 1.165) is 0 Å². The maximum absolute atomic E-state index is 13.5. The molecule has 20 heavy (non-hydrogen) atoms. The van der Waals surface area contributed by atoms with E-state index in [2.05, 4.69) is 15.3 Å². The van der Waals surface area contributed by atoms with Crippen molar-refractivity contribution in [2.45, 2.75) is 13.3 Å². The molecule has 1 heterocycles. The molecule has 2 rings (SSSR count). The predicted octanol–water partition coefficient (Wildman–Crippen LogP) is 3.04. The molecule has 0 saturated carbocycles. The lowest BCUT2D eigenvalue weighted by atomic mass is 10.1. The van der Waals surface area contributed by atoms with Crippen LogP contribution in [0.2, 0.25) is 5.15 Å². The van der Waals surface area contributed by atoms with E-state index in [1.807, 2.05) is 0 Å². The van der Waals surface area contributed by atoms with Crippen molar-refractivity contribution < 1.29 is 9.18 Å². The van der Waals surface area contributed by atoms with Crippen LogP contribution < -0.4 is 5.32 Å². The molecule has 1 N–H and O–H groups in total. The molecule has 0 radical (unpaired) electrons. The number of aldehydes is 1. The summed E-state index contributed by atoms with van der Waals surface area (Å²) in [7, 11) is 0. The zero-order chi connectivity index (χ0) is 14.5. The fourth-order valence-corrected chi connectivity index (χ4v) is 2.06. The highest BCUT2D eigenvalue weighted by molar-refractivity contribution is 6.32. The molecule has 6 heteroatoms. The number of aryl methyl sites for hydroxylation is 1. The Hall–Kier alpha value is -2.01. The summed E-state index contributed by atoms with van der Waals surface area (Å²) in [4.78, 5) is 19.0. The van der Waals surface area contributed by atoms with Gasteiger partial charge in [-0.2, -0.15) is 0 Å². The number of rotatable bonds is 5. The first-order valence-corrected chi connectivity index (χ1v) is 6.46. The Morgan fingerprint density at radius 1 is 1.35 bits per heavy atom. The number of anilines is 1. The van der Waals surface area contributed by atoms with Crippen molar-refractivity contribution in [2.24, 2.45) is 0 Å². The van der Waals surface area contributed by atoms with Gasteiger partial charge in [0.1, 0.15) is 22.6 Å². The Bertz CT molecular complexity index is 634. The van der Waals surface area contributed by atoms with Crippen molar-refractivity contribution >= 4 is 23.7 Å². The molecular formula is C14H13ClFN3O. The largest absolute Gasteiger partial charge is 0.369 e. The highest BCUT2D eigenvalue weighted by atomic mass is 35.5. The summed E-state index contributed by atoms with van der Waals surface area (Å²) >= 11 is 5.87. The average molecular weight is 294 g/mol. The number of hydrogen-bond donors (Lipinski definition) is 1. The van der Waals surface area contributed by atoms with Gasteiger partial charge in [0.2, 0.25) is 0 Å². The molecule has 2 aromatic rings. The average Bonchev–Trinajstić information content (AvgIpc) is 2.40. The summed E-state index contributed by atoms with van der Waals surface area (Å²) in [5, 5.41) is 3.10. The van der Waals surface area contributed by atoms with E-state index in [9.17, 15) is 9.18 Å². The normalized spacial score (nSPS) is 10.3. The van der Waals surface area contributed by atoms with Crippen molar-refractivity contribution in [2.75, 3.05) is 11.9 Å². The molecule has 0 amide bonds. The fourth-order valence-electron chi connectivity index (χ4n) is 1.80. The van der Waals surface area contributed by atoms with E-state index < -0.39 is 0 Å². The fraction of sp³-hybridized carbons (Fsp3) is 0.214. The van der Waals surface area contributed by atoms with Gasteiger partial charge in [-0.15, -0.1) is 0 Å². The van der Waals surface area contributed by atoms with Crippen LogP contribution in [0.15, 0.2) is 24.3 Å². The van der Waals surface area contributed by atoms with Crippen LogP contribution in [-0.4, -0.2) is 22.8 Å². The summed E-state index contributed by atoms with van der Waals surface area (Å²) in [6, 6.07) is 6.55. The Labute approximate surface area is 121 Å². The van der Waals surface area contributed by atoms with Crippen LogP contribution >= 0.6 is 11.6 Å². The van der Waals surface area contributed by atoms with Gasteiger partial charge >= 0.3 is 0 Å². The van der Waals surface area contributed by atoms with Crippen molar-refractivity contribution in [1.82, 2.24) is 9.97 Å². The molecular weight excluding hydrogens is 281 g/mol. The van der Waals surface area contributed by atoms with Crippen LogP contribution in [0.5, 0.6) is 0 Å². The molecule has 4 nitrogen and oxygen atoms in total. The lowest BCUT2D eigenvalue weighted by Crippen LogP contribution is -2.11. The van der Waals surface area contributed by atoms with E-state index in [0.29, 0.717) is 36.5 Å². The zero-order valence-corrected chi connectivity index (χ0v) is 11.6. The van der Waals surface area contributed by atoms with Crippen molar-refractivity contribution in [3.05, 3.63) is 52.2 Å². The van der Waals surface area contributed by atoms with Gasteiger partial charge in [0.05, 0.1) is 5.56 Å². The van der Waals surface area contributed by atoms with Crippen molar-refractivity contribution in [3.63, 3.8) is 0 Å². The van der Waals surface area contributed by atoms with Gasteiger partial charge in [-0.05, 0) is 25.0 Å². The number of carbonyl (C=O) groups is 1. The van der Waals surface area contributed by atoms with Gasteiger partial charge < -0.3 is 5.32 Å². The first kappa shape index (κ1) is 14.4. The monoisotopic (exact) mass is 293 g/mol. The smallest absolute Gasteiger partial charge is 0.156 e. The molecule has 0 atom stereocenters. The van der Waals surface area contributed by atoms with Gasteiger partial charge in [0.25, 0.3) is 0 Å². The Kier molecular flexibility index (Phi) is 4.63. The summed E-state index contributed by atoms with van der Waals surface area (Å²) in [5.74, 6) is 0.588. The van der Waals surface area contributed by atoms with Crippen LogP contribution in [0.25, 0.3) is 0 Å². The third-order valence-corrected chi connectivity index (χ3v) is 3.06. The maximum atomic E-state index is 13.5. The molecule has 0 aliphatic rings.